The molecule has 0 radical (unpaired) electrons. The normalized spacial score (nSPS) is 10.7. The van der Waals surface area contributed by atoms with Gasteiger partial charge >= 0.3 is 0 Å². The molecule has 140 valence electrons. The highest BCUT2D eigenvalue weighted by Gasteiger charge is 2.21. The Hall–Kier alpha value is -2.09. The van der Waals surface area contributed by atoms with Gasteiger partial charge in [0, 0.05) is 11.6 Å². The number of primary amides is 1. The summed E-state index contributed by atoms with van der Waals surface area (Å²) in [5, 5.41) is 0.0754. The van der Waals surface area contributed by atoms with E-state index >= 15 is 0 Å². The molecule has 1 aromatic heterocycles. The van der Waals surface area contributed by atoms with Crippen molar-refractivity contribution in [3.63, 3.8) is 0 Å². The van der Waals surface area contributed by atoms with Crippen LogP contribution in [-0.2, 0) is 0 Å². The smallest absolute Gasteiger partial charge is 0.269 e. The molecule has 0 aliphatic carbocycles. The Kier molecular flexibility index (Phi) is 7.02. The van der Waals surface area contributed by atoms with E-state index in [-0.39, 0.29) is 38.5 Å². The number of rotatable bonds is 8. The van der Waals surface area contributed by atoms with E-state index in [0.29, 0.717) is 19.6 Å². The lowest BCUT2D eigenvalue weighted by Gasteiger charge is -2.14. The number of methoxy groups -OCH3 is 1. The third-order valence-electron chi connectivity index (χ3n) is 3.54. The Morgan fingerprint density at radius 1 is 1.31 bits per heavy atom. The maximum atomic E-state index is 14.7. The van der Waals surface area contributed by atoms with Crippen LogP contribution in [0.1, 0.15) is 23.3 Å². The summed E-state index contributed by atoms with van der Waals surface area (Å²) in [6.45, 7) is 0.853. The molecule has 2 rings (SSSR count). The molecule has 1 aromatic carbocycles. The zero-order valence-electron chi connectivity index (χ0n) is 14.0. The van der Waals surface area contributed by atoms with E-state index in [1.54, 1.807) is 0 Å². The average Bonchev–Trinajstić information content (AvgIpc) is 2.60. The molecule has 2 aromatic rings. The third kappa shape index (κ3) is 4.35. The van der Waals surface area contributed by atoms with Crippen molar-refractivity contribution in [2.75, 3.05) is 20.3 Å². The highest BCUT2D eigenvalue weighted by Crippen LogP contribution is 2.37. The first kappa shape index (κ1) is 20.2. The minimum absolute atomic E-state index is 0.0321. The molecule has 0 atom stereocenters. The van der Waals surface area contributed by atoms with E-state index in [9.17, 15) is 9.18 Å². The molecule has 1 amide bonds. The lowest BCUT2D eigenvalue weighted by Crippen LogP contribution is -2.15. The van der Waals surface area contributed by atoms with Gasteiger partial charge in [0.2, 0.25) is 0 Å². The van der Waals surface area contributed by atoms with Crippen molar-refractivity contribution in [1.82, 2.24) is 4.98 Å². The number of amides is 1. The van der Waals surface area contributed by atoms with Gasteiger partial charge in [-0.3, -0.25) is 4.79 Å². The van der Waals surface area contributed by atoms with Gasteiger partial charge in [-0.25, -0.2) is 9.37 Å². The molecule has 0 saturated heterocycles. The van der Waals surface area contributed by atoms with E-state index < -0.39 is 11.7 Å². The Morgan fingerprint density at radius 3 is 2.65 bits per heavy atom. The van der Waals surface area contributed by atoms with Crippen LogP contribution >= 0.6 is 23.2 Å². The van der Waals surface area contributed by atoms with Gasteiger partial charge in [-0.1, -0.05) is 23.2 Å². The highest BCUT2D eigenvalue weighted by atomic mass is 35.5. The van der Waals surface area contributed by atoms with Crippen LogP contribution in [-0.4, -0.2) is 31.2 Å². The number of pyridine rings is 1. The summed E-state index contributed by atoms with van der Waals surface area (Å²) in [7, 11) is 1.30. The van der Waals surface area contributed by atoms with Crippen LogP contribution in [0.25, 0.3) is 11.3 Å². The number of aromatic nitrogens is 1. The van der Waals surface area contributed by atoms with Gasteiger partial charge in [-0.2, -0.15) is 0 Å². The van der Waals surface area contributed by atoms with Crippen LogP contribution in [0.3, 0.4) is 0 Å². The molecule has 0 fully saturated rings. The summed E-state index contributed by atoms with van der Waals surface area (Å²) >= 11 is 12.1. The number of hydrogen-bond acceptors (Lipinski definition) is 5. The molecule has 4 N–H and O–H groups in total. The number of nitrogens with two attached hydrogens (primary N) is 2. The second-order valence-electron chi connectivity index (χ2n) is 5.32. The van der Waals surface area contributed by atoms with Crippen LogP contribution in [0.2, 0.25) is 10.0 Å². The number of halogens is 3. The standard InChI is InChI=1S/C17H18Cl2FN3O3/c1-25-16-10(18)5-4-9(14(16)20)11-8-12(26-7-3-2-6-21)13(19)15(23-11)17(22)24/h4-5,8H,2-3,6-7,21H2,1H3,(H2,22,24). The maximum absolute atomic E-state index is 14.7. The van der Waals surface area contributed by atoms with Crippen molar-refractivity contribution in [3.05, 3.63) is 39.8 Å². The molecule has 9 heteroatoms. The van der Waals surface area contributed by atoms with Crippen molar-refractivity contribution < 1.29 is 18.7 Å². The van der Waals surface area contributed by atoms with Crippen LogP contribution in [0.5, 0.6) is 11.5 Å². The van der Waals surface area contributed by atoms with Crippen molar-refractivity contribution in [1.29, 1.82) is 0 Å². The summed E-state index contributed by atoms with van der Waals surface area (Å²) < 4.78 is 25.2. The maximum Gasteiger partial charge on any atom is 0.269 e. The minimum Gasteiger partial charge on any atom is -0.492 e. The molecule has 0 aliphatic heterocycles. The van der Waals surface area contributed by atoms with Gasteiger partial charge < -0.3 is 20.9 Å². The zero-order valence-corrected chi connectivity index (χ0v) is 15.5. The molecular formula is C17H18Cl2FN3O3. The lowest BCUT2D eigenvalue weighted by atomic mass is 10.1. The number of carbonyl (C=O) groups is 1. The largest absolute Gasteiger partial charge is 0.492 e. The van der Waals surface area contributed by atoms with Crippen molar-refractivity contribution in [2.24, 2.45) is 11.5 Å². The molecule has 0 aliphatic rings. The van der Waals surface area contributed by atoms with Gasteiger partial charge in [0.25, 0.3) is 5.91 Å². The number of unbranched alkanes of at least 4 members (excludes halogenated alkanes) is 1. The first-order valence-electron chi connectivity index (χ1n) is 7.76. The van der Waals surface area contributed by atoms with Crippen molar-refractivity contribution in [3.8, 4) is 22.8 Å². The van der Waals surface area contributed by atoms with E-state index in [1.807, 2.05) is 0 Å². The zero-order chi connectivity index (χ0) is 19.3. The van der Waals surface area contributed by atoms with Gasteiger partial charge in [0.15, 0.2) is 17.3 Å². The van der Waals surface area contributed by atoms with E-state index in [1.165, 1.54) is 25.3 Å². The Morgan fingerprint density at radius 2 is 2.04 bits per heavy atom. The van der Waals surface area contributed by atoms with Crippen LogP contribution in [0.4, 0.5) is 4.39 Å². The molecule has 1 heterocycles. The van der Waals surface area contributed by atoms with Crippen molar-refractivity contribution >= 4 is 29.1 Å². The van der Waals surface area contributed by atoms with Crippen molar-refractivity contribution in [2.45, 2.75) is 12.8 Å². The van der Waals surface area contributed by atoms with E-state index in [4.69, 9.17) is 44.1 Å². The third-order valence-corrected chi connectivity index (χ3v) is 4.21. The predicted molar refractivity (Wildman–Crippen MR) is 98.5 cm³/mol. The number of ether oxygens (including phenoxy) is 2. The van der Waals surface area contributed by atoms with Gasteiger partial charge in [-0.05, 0) is 31.5 Å². The molecule has 6 nitrogen and oxygen atoms in total. The predicted octanol–water partition coefficient (Wildman–Crippen LogP) is 3.42. The molecule has 26 heavy (non-hydrogen) atoms. The fraction of sp³-hybridized carbons (Fsp3) is 0.294. The Labute approximate surface area is 160 Å². The van der Waals surface area contributed by atoms with Gasteiger partial charge in [0.1, 0.15) is 10.8 Å². The second kappa shape index (κ2) is 9.02. The summed E-state index contributed by atoms with van der Waals surface area (Å²) in [6, 6.07) is 4.31. The number of benzene rings is 1. The fourth-order valence-electron chi connectivity index (χ4n) is 2.26. The van der Waals surface area contributed by atoms with Gasteiger partial charge in [0.05, 0.1) is 24.4 Å². The summed E-state index contributed by atoms with van der Waals surface area (Å²) in [5.41, 5.74) is 10.7. The molecule has 0 bridgehead atoms. The SMILES string of the molecule is COc1c(Cl)ccc(-c2cc(OCCCCN)c(Cl)c(C(N)=O)n2)c1F. The number of nitrogens with zero attached hydrogens (tertiary/aromatic N) is 1. The molecule has 0 unspecified atom stereocenters. The molecule has 0 saturated carbocycles. The monoisotopic (exact) mass is 401 g/mol. The van der Waals surface area contributed by atoms with Crippen LogP contribution in [0, 0.1) is 5.82 Å². The number of hydrogen-bond donors (Lipinski definition) is 2. The first-order valence-corrected chi connectivity index (χ1v) is 8.51. The lowest BCUT2D eigenvalue weighted by molar-refractivity contribution is 0.0995. The summed E-state index contributed by atoms with van der Waals surface area (Å²) in [4.78, 5) is 15.7. The first-order chi connectivity index (χ1) is 12.4. The van der Waals surface area contributed by atoms with E-state index in [0.717, 1.165) is 6.42 Å². The quantitative estimate of drug-likeness (QED) is 0.659. The van der Waals surface area contributed by atoms with Gasteiger partial charge in [-0.15, -0.1) is 0 Å². The second-order valence-corrected chi connectivity index (χ2v) is 6.10. The molecular weight excluding hydrogens is 384 g/mol. The Balaban J connectivity index is 2.52. The minimum atomic E-state index is -0.856. The number of carbonyl (C=O) groups excluding carboxylic acids is 1. The average molecular weight is 402 g/mol. The van der Waals surface area contributed by atoms with Crippen LogP contribution in [0.15, 0.2) is 18.2 Å². The van der Waals surface area contributed by atoms with Crippen LogP contribution < -0.4 is 20.9 Å². The molecule has 0 spiro atoms. The summed E-state index contributed by atoms with van der Waals surface area (Å²) in [6.07, 6.45) is 1.46. The topological polar surface area (TPSA) is 100 Å². The summed E-state index contributed by atoms with van der Waals surface area (Å²) in [5.74, 6) is -1.54. The fourth-order valence-corrected chi connectivity index (χ4v) is 2.73. The van der Waals surface area contributed by atoms with E-state index in [2.05, 4.69) is 4.98 Å². The highest BCUT2D eigenvalue weighted by molar-refractivity contribution is 6.35. The Bertz CT molecular complexity index is 818.